The second-order valence-electron chi connectivity index (χ2n) is 6.91. The Hall–Kier alpha value is -2.58. The van der Waals surface area contributed by atoms with Crippen molar-refractivity contribution >= 4 is 43.0 Å². The summed E-state index contributed by atoms with van der Waals surface area (Å²) in [6.45, 7) is 7.01. The van der Waals surface area contributed by atoms with Gasteiger partial charge in [-0.1, -0.05) is 0 Å². The molecular weight excluding hydrogens is 420 g/mol. The topological polar surface area (TPSA) is 66.9 Å². The standard InChI is InChI=1S/C22H26N2O4S2/c1-6-24(7-2)22(25)21-14-16-13-17(8-11-20(16)29-21)23(4)30(26,27)18-9-10-19(28-5)15(3)12-18/h8-14H,6-7H2,1-5H3. The van der Waals surface area contributed by atoms with Gasteiger partial charge in [0.1, 0.15) is 5.75 Å². The van der Waals surface area contributed by atoms with Crippen molar-refractivity contribution in [2.45, 2.75) is 25.7 Å². The molecule has 1 aromatic heterocycles. The summed E-state index contributed by atoms with van der Waals surface area (Å²) in [5, 5.41) is 0.848. The molecule has 0 N–H and O–H groups in total. The lowest BCUT2D eigenvalue weighted by Crippen LogP contribution is -2.29. The zero-order valence-corrected chi connectivity index (χ0v) is 19.4. The van der Waals surface area contributed by atoms with Crippen LogP contribution >= 0.6 is 11.3 Å². The third-order valence-electron chi connectivity index (χ3n) is 5.15. The monoisotopic (exact) mass is 446 g/mol. The van der Waals surface area contributed by atoms with E-state index in [2.05, 4.69) is 0 Å². The average Bonchev–Trinajstić information content (AvgIpc) is 3.17. The average molecular weight is 447 g/mol. The van der Waals surface area contributed by atoms with Crippen LogP contribution in [0.15, 0.2) is 47.4 Å². The summed E-state index contributed by atoms with van der Waals surface area (Å²) in [6, 6.07) is 12.1. The van der Waals surface area contributed by atoms with Crippen molar-refractivity contribution in [3.63, 3.8) is 0 Å². The van der Waals surface area contributed by atoms with Gasteiger partial charge in [0.15, 0.2) is 0 Å². The minimum atomic E-state index is -3.73. The first kappa shape index (κ1) is 22.1. The van der Waals surface area contributed by atoms with Gasteiger partial charge >= 0.3 is 0 Å². The van der Waals surface area contributed by atoms with E-state index in [0.717, 1.165) is 15.6 Å². The first-order valence-corrected chi connectivity index (χ1v) is 11.9. The van der Waals surface area contributed by atoms with Gasteiger partial charge in [0.05, 0.1) is 22.6 Å². The van der Waals surface area contributed by atoms with Crippen LogP contribution in [0.4, 0.5) is 5.69 Å². The second kappa shape index (κ2) is 8.65. The molecule has 0 atom stereocenters. The number of hydrogen-bond acceptors (Lipinski definition) is 5. The molecule has 0 aliphatic heterocycles. The number of sulfonamides is 1. The summed E-state index contributed by atoms with van der Waals surface area (Å²) in [7, 11) is -0.647. The number of benzene rings is 2. The molecule has 160 valence electrons. The Morgan fingerprint density at radius 2 is 1.77 bits per heavy atom. The molecule has 1 heterocycles. The van der Waals surface area contributed by atoms with Crippen molar-refractivity contribution in [2.75, 3.05) is 31.6 Å². The lowest BCUT2D eigenvalue weighted by atomic mass is 10.2. The number of rotatable bonds is 7. The Balaban J connectivity index is 1.95. The van der Waals surface area contributed by atoms with Crippen LogP contribution in [0.5, 0.6) is 5.75 Å². The van der Waals surface area contributed by atoms with E-state index in [-0.39, 0.29) is 10.8 Å². The number of thiophene rings is 1. The summed E-state index contributed by atoms with van der Waals surface area (Å²) < 4.78 is 33.7. The van der Waals surface area contributed by atoms with E-state index in [1.54, 1.807) is 42.3 Å². The molecule has 6 nitrogen and oxygen atoms in total. The van der Waals surface area contributed by atoms with Crippen LogP contribution in [0, 0.1) is 6.92 Å². The van der Waals surface area contributed by atoms with Gasteiger partial charge < -0.3 is 9.64 Å². The van der Waals surface area contributed by atoms with Gasteiger partial charge in [0.2, 0.25) is 0 Å². The quantitative estimate of drug-likeness (QED) is 0.535. The molecule has 0 radical (unpaired) electrons. The molecule has 8 heteroatoms. The summed E-state index contributed by atoms with van der Waals surface area (Å²) in [4.78, 5) is 15.3. The number of aryl methyl sites for hydroxylation is 1. The predicted molar refractivity (Wildman–Crippen MR) is 122 cm³/mol. The molecule has 2 aromatic carbocycles. The Kier molecular flexibility index (Phi) is 6.38. The lowest BCUT2D eigenvalue weighted by molar-refractivity contribution is 0.0778. The SMILES string of the molecule is CCN(CC)C(=O)c1cc2cc(N(C)S(=O)(=O)c3ccc(OC)c(C)c3)ccc2s1. The summed E-state index contributed by atoms with van der Waals surface area (Å²) >= 11 is 1.42. The highest BCUT2D eigenvalue weighted by molar-refractivity contribution is 7.92. The molecule has 30 heavy (non-hydrogen) atoms. The van der Waals surface area contributed by atoms with Crippen LogP contribution in [-0.2, 0) is 10.0 Å². The van der Waals surface area contributed by atoms with E-state index in [1.165, 1.54) is 22.7 Å². The largest absolute Gasteiger partial charge is 0.496 e. The summed E-state index contributed by atoms with van der Waals surface area (Å²) in [6.07, 6.45) is 0. The molecule has 0 spiro atoms. The number of ether oxygens (including phenoxy) is 1. The number of carbonyl (C=O) groups excluding carboxylic acids is 1. The number of amides is 1. The number of carbonyl (C=O) groups is 1. The predicted octanol–water partition coefficient (Wildman–Crippen LogP) is 4.53. The molecule has 0 fully saturated rings. The Morgan fingerprint density at radius 1 is 1.07 bits per heavy atom. The van der Waals surface area contributed by atoms with E-state index in [9.17, 15) is 13.2 Å². The van der Waals surface area contributed by atoms with Gasteiger partial charge in [0.25, 0.3) is 15.9 Å². The zero-order valence-electron chi connectivity index (χ0n) is 17.8. The van der Waals surface area contributed by atoms with E-state index in [4.69, 9.17) is 4.74 Å². The van der Waals surface area contributed by atoms with Crippen molar-refractivity contribution in [1.29, 1.82) is 0 Å². The molecular formula is C22H26N2O4S2. The molecule has 0 bridgehead atoms. The molecule has 1 amide bonds. The molecule has 0 aliphatic carbocycles. The Morgan fingerprint density at radius 3 is 2.37 bits per heavy atom. The van der Waals surface area contributed by atoms with Gasteiger partial charge in [-0.2, -0.15) is 0 Å². The van der Waals surface area contributed by atoms with Crippen molar-refractivity contribution in [3.05, 3.63) is 52.9 Å². The van der Waals surface area contributed by atoms with E-state index < -0.39 is 10.0 Å². The fourth-order valence-corrected chi connectivity index (χ4v) is 5.59. The van der Waals surface area contributed by atoms with E-state index >= 15 is 0 Å². The number of fused-ring (bicyclic) bond motifs is 1. The second-order valence-corrected chi connectivity index (χ2v) is 9.97. The maximum atomic E-state index is 13.1. The van der Waals surface area contributed by atoms with E-state index in [1.807, 2.05) is 32.9 Å². The molecule has 0 saturated heterocycles. The minimum Gasteiger partial charge on any atom is -0.496 e. The summed E-state index contributed by atoms with van der Waals surface area (Å²) in [5.41, 5.74) is 1.29. The van der Waals surface area contributed by atoms with Crippen molar-refractivity contribution in [3.8, 4) is 5.75 Å². The molecule has 0 unspecified atom stereocenters. The van der Waals surface area contributed by atoms with Crippen molar-refractivity contribution in [1.82, 2.24) is 4.90 Å². The van der Waals surface area contributed by atoms with Crippen molar-refractivity contribution in [2.24, 2.45) is 0 Å². The Labute approximate surface area is 181 Å². The highest BCUT2D eigenvalue weighted by atomic mass is 32.2. The molecule has 0 saturated carbocycles. The summed E-state index contributed by atoms with van der Waals surface area (Å²) in [5.74, 6) is 0.638. The van der Waals surface area contributed by atoms with Crippen LogP contribution in [0.3, 0.4) is 0 Å². The van der Waals surface area contributed by atoms with Gasteiger partial charge in [-0.05, 0) is 74.2 Å². The zero-order chi connectivity index (χ0) is 22.1. The Bertz CT molecular complexity index is 1180. The van der Waals surface area contributed by atoms with Gasteiger partial charge in [-0.25, -0.2) is 8.42 Å². The first-order chi connectivity index (χ1) is 14.2. The van der Waals surface area contributed by atoms with Crippen LogP contribution in [-0.4, -0.2) is 46.5 Å². The lowest BCUT2D eigenvalue weighted by Gasteiger charge is -2.20. The number of nitrogens with zero attached hydrogens (tertiary/aromatic N) is 2. The molecule has 3 aromatic rings. The van der Waals surface area contributed by atoms with Crippen LogP contribution in [0.1, 0.15) is 29.1 Å². The highest BCUT2D eigenvalue weighted by Crippen LogP contribution is 2.32. The van der Waals surface area contributed by atoms with E-state index in [0.29, 0.717) is 29.4 Å². The fourth-order valence-electron chi connectivity index (χ4n) is 3.31. The van der Waals surface area contributed by atoms with Crippen LogP contribution in [0.2, 0.25) is 0 Å². The number of methoxy groups -OCH3 is 1. The number of hydrogen-bond donors (Lipinski definition) is 0. The highest BCUT2D eigenvalue weighted by Gasteiger charge is 2.23. The maximum Gasteiger partial charge on any atom is 0.264 e. The van der Waals surface area contributed by atoms with Gasteiger partial charge in [-0.3, -0.25) is 9.10 Å². The smallest absolute Gasteiger partial charge is 0.264 e. The minimum absolute atomic E-state index is 0.00238. The first-order valence-electron chi connectivity index (χ1n) is 9.69. The van der Waals surface area contributed by atoms with Crippen molar-refractivity contribution < 1.29 is 17.9 Å². The molecule has 3 rings (SSSR count). The third-order valence-corrected chi connectivity index (χ3v) is 8.04. The normalized spacial score (nSPS) is 11.5. The fraction of sp³-hybridized carbons (Fsp3) is 0.318. The van der Waals surface area contributed by atoms with Crippen LogP contribution < -0.4 is 9.04 Å². The van der Waals surface area contributed by atoms with Gasteiger partial charge in [0, 0.05) is 24.8 Å². The van der Waals surface area contributed by atoms with Crippen LogP contribution in [0.25, 0.3) is 10.1 Å². The maximum absolute atomic E-state index is 13.1. The molecule has 0 aliphatic rings. The number of anilines is 1. The van der Waals surface area contributed by atoms with Gasteiger partial charge in [-0.15, -0.1) is 11.3 Å². The third kappa shape index (κ3) is 4.02.